The van der Waals surface area contributed by atoms with Gasteiger partial charge in [0.2, 0.25) is 0 Å². The topological polar surface area (TPSA) is 65.1 Å². The van der Waals surface area contributed by atoms with Gasteiger partial charge in [0, 0.05) is 23.3 Å². The van der Waals surface area contributed by atoms with Gasteiger partial charge in [0.05, 0.1) is 16.6 Å². The second-order valence-corrected chi connectivity index (χ2v) is 7.13. The number of benzene rings is 2. The predicted molar refractivity (Wildman–Crippen MR) is 113 cm³/mol. The minimum Gasteiger partial charge on any atom is -0.314 e. The molecule has 29 heavy (non-hydrogen) atoms. The lowest BCUT2D eigenvalue weighted by Crippen LogP contribution is -2.22. The summed E-state index contributed by atoms with van der Waals surface area (Å²) in [6.45, 7) is 0.566. The van der Waals surface area contributed by atoms with Crippen molar-refractivity contribution in [3.63, 3.8) is 0 Å². The Labute approximate surface area is 171 Å². The number of aromatic nitrogens is 5. The van der Waals surface area contributed by atoms with E-state index in [0.717, 1.165) is 12.0 Å². The van der Waals surface area contributed by atoms with Crippen LogP contribution in [0.15, 0.2) is 78.0 Å². The molecule has 7 heteroatoms. The molecule has 0 saturated carbocycles. The first-order valence-corrected chi connectivity index (χ1v) is 9.62. The zero-order chi connectivity index (χ0) is 19.8. The maximum Gasteiger partial charge on any atom is 0.262 e. The largest absolute Gasteiger partial charge is 0.314 e. The molecule has 0 aliphatic carbocycles. The van der Waals surface area contributed by atoms with E-state index in [9.17, 15) is 4.79 Å². The lowest BCUT2D eigenvalue weighted by Gasteiger charge is -2.12. The molecule has 0 aliphatic rings. The second-order valence-electron chi connectivity index (χ2n) is 6.72. The average molecular weight is 402 g/mol. The van der Waals surface area contributed by atoms with Gasteiger partial charge in [0.15, 0.2) is 0 Å². The Bertz CT molecular complexity index is 1390. The van der Waals surface area contributed by atoms with Gasteiger partial charge in [-0.3, -0.25) is 4.79 Å². The third kappa shape index (κ3) is 3.07. The summed E-state index contributed by atoms with van der Waals surface area (Å²) >= 11 is 6.47. The van der Waals surface area contributed by atoms with Crippen molar-refractivity contribution in [2.75, 3.05) is 0 Å². The molecule has 0 N–H and O–H groups in total. The molecule has 5 rings (SSSR count). The van der Waals surface area contributed by atoms with Gasteiger partial charge in [-0.1, -0.05) is 60.1 Å². The van der Waals surface area contributed by atoms with Crippen molar-refractivity contribution in [2.24, 2.45) is 0 Å². The molecule has 2 aromatic carbocycles. The summed E-state index contributed by atoms with van der Waals surface area (Å²) in [6, 6.07) is 19.3. The van der Waals surface area contributed by atoms with Crippen LogP contribution in [0.2, 0.25) is 5.02 Å². The molecule has 0 unspecified atom stereocenters. The van der Waals surface area contributed by atoms with Crippen molar-refractivity contribution < 1.29 is 0 Å². The second kappa shape index (κ2) is 7.14. The number of fused-ring (bicyclic) bond motifs is 2. The predicted octanol–water partition coefficient (Wildman–Crippen LogP) is 4.00. The van der Waals surface area contributed by atoms with Crippen molar-refractivity contribution in [2.45, 2.75) is 13.0 Å². The van der Waals surface area contributed by atoms with Crippen LogP contribution in [0.1, 0.15) is 5.56 Å². The lowest BCUT2D eigenvalue weighted by molar-refractivity contribution is 0.674. The van der Waals surface area contributed by atoms with Gasteiger partial charge in [0.25, 0.3) is 11.3 Å². The molecular formula is C22H16ClN5O. The minimum atomic E-state index is -0.127. The standard InChI is InChI=1S/C22H16ClN5O/c23-17-9-5-4-8-16(17)20-19-18(26-22-24-14-25-28(20)22)11-13-27(21(19)29)12-10-15-6-2-1-3-7-15/h1-9,11,13-14H,10,12H2. The van der Waals surface area contributed by atoms with Crippen LogP contribution >= 0.6 is 11.6 Å². The summed E-state index contributed by atoms with van der Waals surface area (Å²) in [7, 11) is 0. The Morgan fingerprint density at radius 3 is 2.59 bits per heavy atom. The first-order chi connectivity index (χ1) is 14.2. The van der Waals surface area contributed by atoms with Crippen LogP contribution in [0.3, 0.4) is 0 Å². The molecule has 0 atom stereocenters. The van der Waals surface area contributed by atoms with Crippen LogP contribution < -0.4 is 5.56 Å². The molecular weight excluding hydrogens is 386 g/mol. The summed E-state index contributed by atoms with van der Waals surface area (Å²) < 4.78 is 3.28. The van der Waals surface area contributed by atoms with Gasteiger partial charge in [-0.15, -0.1) is 0 Å². The molecule has 0 fully saturated rings. The number of pyridine rings is 1. The maximum atomic E-state index is 13.4. The number of halogens is 1. The number of rotatable bonds is 4. The summed E-state index contributed by atoms with van der Waals surface area (Å²) in [4.78, 5) is 22.1. The van der Waals surface area contributed by atoms with Gasteiger partial charge in [0.1, 0.15) is 6.33 Å². The highest BCUT2D eigenvalue weighted by atomic mass is 35.5. The monoisotopic (exact) mass is 401 g/mol. The molecule has 0 aliphatic heterocycles. The van der Waals surface area contributed by atoms with E-state index >= 15 is 0 Å². The minimum absolute atomic E-state index is 0.127. The van der Waals surface area contributed by atoms with Gasteiger partial charge in [-0.05, 0) is 24.1 Å². The first-order valence-electron chi connectivity index (χ1n) is 9.24. The molecule has 0 amide bonds. The Morgan fingerprint density at radius 1 is 0.966 bits per heavy atom. The molecule has 0 bridgehead atoms. The van der Waals surface area contributed by atoms with Gasteiger partial charge < -0.3 is 4.57 Å². The fraction of sp³-hybridized carbons (Fsp3) is 0.0909. The van der Waals surface area contributed by atoms with E-state index in [-0.39, 0.29) is 5.56 Å². The third-order valence-electron chi connectivity index (χ3n) is 4.96. The van der Waals surface area contributed by atoms with Gasteiger partial charge in [-0.25, -0.2) is 4.98 Å². The number of nitrogens with zero attached hydrogens (tertiary/aromatic N) is 5. The van der Waals surface area contributed by atoms with Crippen LogP contribution in [-0.2, 0) is 13.0 Å². The van der Waals surface area contributed by atoms with Crippen molar-refractivity contribution in [3.05, 3.63) is 94.1 Å². The van der Waals surface area contributed by atoms with E-state index in [1.807, 2.05) is 42.5 Å². The number of hydrogen-bond acceptors (Lipinski definition) is 4. The summed E-state index contributed by atoms with van der Waals surface area (Å²) in [5.41, 5.74) is 2.94. The zero-order valence-electron chi connectivity index (χ0n) is 15.4. The van der Waals surface area contributed by atoms with Crippen LogP contribution in [0.5, 0.6) is 0 Å². The Hall–Kier alpha value is -3.51. The molecule has 0 saturated heterocycles. The Balaban J connectivity index is 1.73. The fourth-order valence-electron chi connectivity index (χ4n) is 3.54. The van der Waals surface area contributed by atoms with Gasteiger partial charge in [-0.2, -0.15) is 14.6 Å². The summed E-state index contributed by atoms with van der Waals surface area (Å²) in [5.74, 6) is 0.425. The van der Waals surface area contributed by atoms with Crippen molar-refractivity contribution in [3.8, 4) is 11.3 Å². The van der Waals surface area contributed by atoms with Crippen molar-refractivity contribution in [1.82, 2.24) is 24.1 Å². The van der Waals surface area contributed by atoms with Crippen molar-refractivity contribution in [1.29, 1.82) is 0 Å². The fourth-order valence-corrected chi connectivity index (χ4v) is 3.76. The first kappa shape index (κ1) is 17.6. The number of hydrogen-bond donors (Lipinski definition) is 0. The van der Waals surface area contributed by atoms with Crippen molar-refractivity contribution >= 4 is 28.3 Å². The summed E-state index contributed by atoms with van der Waals surface area (Å²) in [5, 5.41) is 5.30. The molecule has 3 aromatic heterocycles. The SMILES string of the molecule is O=c1c2c(-c3ccccc3Cl)n3ncnc3nc2ccn1CCc1ccccc1. The quantitative estimate of drug-likeness (QED) is 0.456. The molecule has 142 valence electrons. The van der Waals surface area contributed by atoms with E-state index in [1.165, 1.54) is 11.9 Å². The summed E-state index contributed by atoms with van der Waals surface area (Å²) in [6.07, 6.45) is 3.96. The van der Waals surface area contributed by atoms with Gasteiger partial charge >= 0.3 is 0 Å². The Morgan fingerprint density at radius 2 is 1.76 bits per heavy atom. The van der Waals surface area contributed by atoms with E-state index in [4.69, 9.17) is 11.6 Å². The molecule has 5 aromatic rings. The van der Waals surface area contributed by atoms with E-state index in [0.29, 0.717) is 33.9 Å². The maximum absolute atomic E-state index is 13.4. The Kier molecular flexibility index (Phi) is 4.33. The molecule has 3 heterocycles. The lowest BCUT2D eigenvalue weighted by atomic mass is 10.1. The van der Waals surface area contributed by atoms with E-state index in [1.54, 1.807) is 21.3 Å². The molecule has 0 spiro atoms. The zero-order valence-corrected chi connectivity index (χ0v) is 16.1. The molecule has 6 nitrogen and oxygen atoms in total. The normalized spacial score (nSPS) is 11.3. The highest BCUT2D eigenvalue weighted by molar-refractivity contribution is 6.33. The molecule has 0 radical (unpaired) electrons. The highest BCUT2D eigenvalue weighted by Crippen LogP contribution is 2.31. The number of aryl methyl sites for hydroxylation is 2. The smallest absolute Gasteiger partial charge is 0.262 e. The van der Waals surface area contributed by atoms with Crippen LogP contribution in [0.25, 0.3) is 27.9 Å². The van der Waals surface area contributed by atoms with E-state index < -0.39 is 0 Å². The van der Waals surface area contributed by atoms with Crippen LogP contribution in [-0.4, -0.2) is 24.1 Å². The van der Waals surface area contributed by atoms with Crippen LogP contribution in [0, 0.1) is 0 Å². The van der Waals surface area contributed by atoms with Crippen LogP contribution in [0.4, 0.5) is 0 Å². The average Bonchev–Trinajstić information content (AvgIpc) is 3.21. The third-order valence-corrected chi connectivity index (χ3v) is 5.28. The van der Waals surface area contributed by atoms with E-state index in [2.05, 4.69) is 27.2 Å². The highest BCUT2D eigenvalue weighted by Gasteiger charge is 2.18.